The molecule has 54 valence electrons. The molecule has 1 atom stereocenters. The van der Waals surface area contributed by atoms with Gasteiger partial charge in [0.15, 0.2) is 0 Å². The van der Waals surface area contributed by atoms with Gasteiger partial charge in [-0.2, -0.15) is 0 Å². The Morgan fingerprint density at radius 2 is 2.44 bits per heavy atom. The zero-order valence-corrected chi connectivity index (χ0v) is 5.42. The Hall–Kier alpha value is -0.770. The van der Waals surface area contributed by atoms with Crippen LogP contribution >= 0.6 is 0 Å². The van der Waals surface area contributed by atoms with Crippen molar-refractivity contribution in [3.05, 3.63) is 0 Å². The summed E-state index contributed by atoms with van der Waals surface area (Å²) in [4.78, 5) is 9.93. The number of rotatable bonds is 3. The second-order valence-corrected chi connectivity index (χ2v) is 1.93. The van der Waals surface area contributed by atoms with Gasteiger partial charge in [0.25, 0.3) is 0 Å². The first-order chi connectivity index (χ1) is 4.16. The van der Waals surface area contributed by atoms with Crippen molar-refractivity contribution in [1.29, 1.82) is 0 Å². The summed E-state index contributed by atoms with van der Waals surface area (Å²) in [7, 11) is 0. The first kappa shape index (κ1) is 8.23. The predicted molar refractivity (Wildman–Crippen MR) is 34.3 cm³/mol. The average Bonchev–Trinajstić information content (AvgIpc) is 1.63. The molecule has 0 heterocycles. The van der Waals surface area contributed by atoms with E-state index in [9.17, 15) is 4.79 Å². The van der Waals surface area contributed by atoms with Crippen LogP contribution in [0.3, 0.4) is 0 Å². The van der Waals surface area contributed by atoms with Gasteiger partial charge in [0, 0.05) is 6.04 Å². The molecule has 4 nitrogen and oxygen atoms in total. The number of nitrogens with two attached hydrogens (primary N) is 1. The van der Waals surface area contributed by atoms with Gasteiger partial charge in [-0.3, -0.25) is 0 Å². The molecule has 0 bridgehead atoms. The van der Waals surface area contributed by atoms with Gasteiger partial charge in [-0.05, 0) is 19.9 Å². The first-order valence-corrected chi connectivity index (χ1v) is 2.86. The maximum absolute atomic E-state index is 9.93. The van der Waals surface area contributed by atoms with Crippen molar-refractivity contribution in [1.82, 2.24) is 5.32 Å². The summed E-state index contributed by atoms with van der Waals surface area (Å²) in [5.41, 5.74) is 5.17. The first-order valence-electron chi connectivity index (χ1n) is 2.86. The molecule has 4 N–H and O–H groups in total. The van der Waals surface area contributed by atoms with Crippen LogP contribution in [0, 0.1) is 0 Å². The molecule has 0 rings (SSSR count). The fraction of sp³-hybridized carbons (Fsp3) is 0.800. The molecule has 0 saturated heterocycles. The van der Waals surface area contributed by atoms with Crippen LogP contribution in [-0.2, 0) is 0 Å². The number of amides is 1. The van der Waals surface area contributed by atoms with Crippen molar-refractivity contribution in [2.75, 3.05) is 6.54 Å². The van der Waals surface area contributed by atoms with Crippen molar-refractivity contribution < 1.29 is 9.90 Å². The molecule has 0 aromatic rings. The second kappa shape index (κ2) is 4.14. The third-order valence-electron chi connectivity index (χ3n) is 0.970. The summed E-state index contributed by atoms with van der Waals surface area (Å²) in [6.07, 6.45) is -0.303. The topological polar surface area (TPSA) is 75.3 Å². The van der Waals surface area contributed by atoms with Crippen LogP contribution < -0.4 is 11.1 Å². The van der Waals surface area contributed by atoms with Gasteiger partial charge < -0.3 is 16.2 Å². The fourth-order valence-electron chi connectivity index (χ4n) is 0.533. The maximum atomic E-state index is 9.93. The minimum atomic E-state index is -0.990. The van der Waals surface area contributed by atoms with E-state index in [2.05, 4.69) is 5.32 Å². The van der Waals surface area contributed by atoms with Gasteiger partial charge in [-0.15, -0.1) is 0 Å². The van der Waals surface area contributed by atoms with E-state index in [-0.39, 0.29) is 6.04 Å². The smallest absolute Gasteiger partial charge is 0.404 e. The Morgan fingerprint density at radius 3 is 2.78 bits per heavy atom. The summed E-state index contributed by atoms with van der Waals surface area (Å²) in [6, 6.07) is -0.0347. The zero-order chi connectivity index (χ0) is 7.28. The summed E-state index contributed by atoms with van der Waals surface area (Å²) in [6.45, 7) is 2.29. The van der Waals surface area contributed by atoms with Gasteiger partial charge in [0.1, 0.15) is 0 Å². The molecular weight excluding hydrogens is 120 g/mol. The van der Waals surface area contributed by atoms with E-state index in [0.717, 1.165) is 0 Å². The SMILES string of the molecule is CC(CCN)NC(=O)O. The molecule has 0 aliphatic heterocycles. The van der Waals surface area contributed by atoms with Crippen molar-refractivity contribution in [2.45, 2.75) is 19.4 Å². The van der Waals surface area contributed by atoms with Crippen LogP contribution in [0.25, 0.3) is 0 Å². The van der Waals surface area contributed by atoms with Crippen molar-refractivity contribution in [3.8, 4) is 0 Å². The van der Waals surface area contributed by atoms with E-state index >= 15 is 0 Å². The molecule has 0 fully saturated rings. The Balaban J connectivity index is 3.26. The van der Waals surface area contributed by atoms with Gasteiger partial charge >= 0.3 is 6.09 Å². The molecule has 0 radical (unpaired) electrons. The summed E-state index contributed by atoms with van der Waals surface area (Å²) < 4.78 is 0. The second-order valence-electron chi connectivity index (χ2n) is 1.93. The lowest BCUT2D eigenvalue weighted by Crippen LogP contribution is -2.32. The van der Waals surface area contributed by atoms with Crippen molar-refractivity contribution in [2.24, 2.45) is 5.73 Å². The van der Waals surface area contributed by atoms with E-state index in [0.29, 0.717) is 13.0 Å². The van der Waals surface area contributed by atoms with Crippen LogP contribution in [-0.4, -0.2) is 23.8 Å². The van der Waals surface area contributed by atoms with Crippen LogP contribution in [0.4, 0.5) is 4.79 Å². The highest BCUT2D eigenvalue weighted by Crippen LogP contribution is 1.85. The number of nitrogens with one attached hydrogen (secondary N) is 1. The van der Waals surface area contributed by atoms with Crippen LogP contribution in [0.15, 0.2) is 0 Å². The average molecular weight is 132 g/mol. The molecule has 9 heavy (non-hydrogen) atoms. The minimum absolute atomic E-state index is 0.0347. The highest BCUT2D eigenvalue weighted by Gasteiger charge is 2.01. The van der Waals surface area contributed by atoms with Gasteiger partial charge in [0.05, 0.1) is 0 Å². The molecule has 1 amide bonds. The molecule has 0 saturated carbocycles. The van der Waals surface area contributed by atoms with Gasteiger partial charge in [-0.1, -0.05) is 0 Å². The van der Waals surface area contributed by atoms with Crippen LogP contribution in [0.1, 0.15) is 13.3 Å². The van der Waals surface area contributed by atoms with Crippen molar-refractivity contribution in [3.63, 3.8) is 0 Å². The Labute approximate surface area is 54.0 Å². The number of hydrogen-bond acceptors (Lipinski definition) is 2. The lowest BCUT2D eigenvalue weighted by Gasteiger charge is -2.07. The van der Waals surface area contributed by atoms with E-state index in [4.69, 9.17) is 10.8 Å². The highest BCUT2D eigenvalue weighted by molar-refractivity contribution is 5.64. The number of hydrogen-bond donors (Lipinski definition) is 3. The monoisotopic (exact) mass is 132 g/mol. The van der Waals surface area contributed by atoms with Crippen LogP contribution in [0.5, 0.6) is 0 Å². The molecule has 0 aromatic heterocycles. The molecule has 0 aliphatic rings. The summed E-state index contributed by atoms with van der Waals surface area (Å²) in [5, 5.41) is 10.4. The van der Waals surface area contributed by atoms with E-state index in [1.54, 1.807) is 6.92 Å². The fourth-order valence-corrected chi connectivity index (χ4v) is 0.533. The maximum Gasteiger partial charge on any atom is 0.404 e. The quantitative estimate of drug-likeness (QED) is 0.505. The Kier molecular flexibility index (Phi) is 3.79. The Bertz CT molecular complexity index is 95.0. The minimum Gasteiger partial charge on any atom is -0.465 e. The highest BCUT2D eigenvalue weighted by atomic mass is 16.4. The summed E-state index contributed by atoms with van der Waals surface area (Å²) in [5.74, 6) is 0. The lowest BCUT2D eigenvalue weighted by molar-refractivity contribution is 0.190. The molecular formula is C5H12N2O2. The van der Waals surface area contributed by atoms with E-state index in [1.165, 1.54) is 0 Å². The predicted octanol–water partition coefficient (Wildman–Crippen LogP) is -0.00870. The van der Waals surface area contributed by atoms with Crippen LogP contribution in [0.2, 0.25) is 0 Å². The third-order valence-corrected chi connectivity index (χ3v) is 0.970. The lowest BCUT2D eigenvalue weighted by atomic mass is 10.2. The molecule has 4 heteroatoms. The van der Waals surface area contributed by atoms with E-state index in [1.807, 2.05) is 0 Å². The molecule has 1 unspecified atom stereocenters. The molecule has 0 aromatic carbocycles. The summed E-state index contributed by atoms with van der Waals surface area (Å²) >= 11 is 0. The normalized spacial score (nSPS) is 12.7. The van der Waals surface area contributed by atoms with Gasteiger partial charge in [-0.25, -0.2) is 4.79 Å². The zero-order valence-electron chi connectivity index (χ0n) is 5.42. The third kappa shape index (κ3) is 5.10. The standard InChI is InChI=1S/C5H12N2O2/c1-4(2-3-6)7-5(8)9/h4,7H,2-3,6H2,1H3,(H,8,9). The number of carboxylic acid groups (broad SMARTS) is 1. The van der Waals surface area contributed by atoms with E-state index < -0.39 is 6.09 Å². The Morgan fingerprint density at radius 1 is 1.89 bits per heavy atom. The van der Waals surface area contributed by atoms with Gasteiger partial charge in [0.2, 0.25) is 0 Å². The van der Waals surface area contributed by atoms with Crippen molar-refractivity contribution >= 4 is 6.09 Å². The largest absolute Gasteiger partial charge is 0.465 e. The number of carbonyl (C=O) groups is 1. The molecule has 0 aliphatic carbocycles. The molecule has 0 spiro atoms.